The van der Waals surface area contributed by atoms with E-state index in [4.69, 9.17) is 0 Å². The molecule has 0 radical (unpaired) electrons. The normalized spacial score (nSPS) is 9.38. The van der Waals surface area contributed by atoms with Crippen LogP contribution in [0.4, 0.5) is 0 Å². The summed E-state index contributed by atoms with van der Waals surface area (Å²) in [5.74, 6) is 0. The van der Waals surface area contributed by atoms with Gasteiger partial charge in [0.2, 0.25) is 0 Å². The molecule has 0 fully saturated rings. The second kappa shape index (κ2) is 13.1. The van der Waals surface area contributed by atoms with E-state index in [1.165, 1.54) is 29.4 Å². The molecule has 2 aromatic carbocycles. The van der Waals surface area contributed by atoms with Crippen molar-refractivity contribution in [1.82, 2.24) is 0 Å². The predicted octanol–water partition coefficient (Wildman–Crippen LogP) is -10.3. The maximum Gasteiger partial charge on any atom is 0.125 e. The van der Waals surface area contributed by atoms with E-state index in [1.54, 1.807) is 0 Å². The van der Waals surface area contributed by atoms with Crippen LogP contribution in [0.5, 0.6) is 0 Å². The zero-order valence-electron chi connectivity index (χ0n) is 12.1. The summed E-state index contributed by atoms with van der Waals surface area (Å²) in [6.07, 6.45) is 0. The lowest BCUT2D eigenvalue weighted by Crippen LogP contribution is -3.00. The van der Waals surface area contributed by atoms with Crippen molar-refractivity contribution in [3.8, 4) is 0 Å². The van der Waals surface area contributed by atoms with E-state index in [0.717, 1.165) is 19.6 Å². The van der Waals surface area contributed by atoms with Crippen LogP contribution in [0.2, 0.25) is 0 Å². The van der Waals surface area contributed by atoms with E-state index in [-0.39, 0.29) is 37.2 Å². The number of nitrogens with two attached hydrogens (primary N) is 2. The van der Waals surface area contributed by atoms with Gasteiger partial charge >= 0.3 is 0 Å². The molecule has 0 aliphatic heterocycles. The minimum atomic E-state index is 0. The molecule has 0 atom stereocenters. The molecule has 0 saturated carbocycles. The molecule has 120 valence electrons. The molecule has 6 heteroatoms. The summed E-state index contributed by atoms with van der Waals surface area (Å²) in [4.78, 5) is 0. The molecule has 0 saturated heterocycles. The third-order valence-electron chi connectivity index (χ3n) is 3.23. The maximum atomic E-state index is 3.84. The Labute approximate surface area is 145 Å². The quantitative estimate of drug-likeness (QED) is 0.415. The van der Waals surface area contributed by atoms with Crippen molar-refractivity contribution in [1.29, 1.82) is 0 Å². The standard InChI is InChI=1S/C15H21N3.3ClH/c16-8-9-17-10-11-18-12-14-6-3-5-13-4-1-2-7-15(13)14;;;/h1-7,17-18H,8-12,16H2;3*1H. The van der Waals surface area contributed by atoms with Crippen LogP contribution in [0.25, 0.3) is 10.8 Å². The van der Waals surface area contributed by atoms with Crippen molar-refractivity contribution in [3.05, 3.63) is 48.0 Å². The van der Waals surface area contributed by atoms with Crippen LogP contribution in [0.3, 0.4) is 0 Å². The summed E-state index contributed by atoms with van der Waals surface area (Å²) >= 11 is 0. The first-order chi connectivity index (χ1) is 8.92. The molecule has 0 bridgehead atoms. The van der Waals surface area contributed by atoms with Crippen LogP contribution in [0, 0.1) is 0 Å². The van der Waals surface area contributed by atoms with Crippen LogP contribution in [-0.2, 0) is 6.54 Å². The molecule has 0 aliphatic rings. The summed E-state index contributed by atoms with van der Waals surface area (Å²) in [7, 11) is 0. The Morgan fingerprint density at radius 2 is 1.43 bits per heavy atom. The highest BCUT2D eigenvalue weighted by Gasteiger charge is 2.01. The first kappa shape index (κ1) is 22.7. The van der Waals surface area contributed by atoms with Gasteiger partial charge in [-0.05, 0) is 10.8 Å². The van der Waals surface area contributed by atoms with Gasteiger partial charge in [0.15, 0.2) is 0 Å². The molecule has 0 aliphatic carbocycles. The van der Waals surface area contributed by atoms with E-state index in [9.17, 15) is 0 Å². The Kier molecular flexibility index (Phi) is 14.2. The van der Waals surface area contributed by atoms with Crippen molar-refractivity contribution >= 4 is 10.8 Å². The lowest BCUT2D eigenvalue weighted by Gasteiger charge is -2.05. The number of halogens is 3. The molecule has 0 amide bonds. The predicted molar refractivity (Wildman–Crippen MR) is 73.9 cm³/mol. The maximum absolute atomic E-state index is 3.84. The fourth-order valence-corrected chi connectivity index (χ4v) is 2.25. The number of hydrogen-bond donors (Lipinski definition) is 3. The third-order valence-corrected chi connectivity index (χ3v) is 3.23. The highest BCUT2D eigenvalue weighted by Crippen LogP contribution is 2.17. The Balaban J connectivity index is 0. The summed E-state index contributed by atoms with van der Waals surface area (Å²) in [5.41, 5.74) is 5.28. The second-order valence-corrected chi connectivity index (χ2v) is 4.64. The molecule has 0 spiro atoms. The van der Waals surface area contributed by atoms with E-state index in [2.05, 4.69) is 58.8 Å². The van der Waals surface area contributed by atoms with Gasteiger partial charge in [-0.25, -0.2) is 0 Å². The fraction of sp³-hybridized carbons (Fsp3) is 0.333. The third kappa shape index (κ3) is 7.32. The van der Waals surface area contributed by atoms with Gasteiger partial charge in [-0.3, -0.25) is 0 Å². The van der Waals surface area contributed by atoms with Crippen molar-refractivity contribution in [3.63, 3.8) is 0 Å². The molecule has 21 heavy (non-hydrogen) atoms. The second-order valence-electron chi connectivity index (χ2n) is 4.64. The number of benzene rings is 2. The fourth-order valence-electron chi connectivity index (χ4n) is 2.25. The topological polar surface area (TPSA) is 60.9 Å². The molecule has 7 N–H and O–H groups in total. The summed E-state index contributed by atoms with van der Waals surface area (Å²) in [5, 5.41) is 7.46. The van der Waals surface area contributed by atoms with Crippen molar-refractivity contribution in [2.45, 2.75) is 6.54 Å². The smallest absolute Gasteiger partial charge is 0.125 e. The number of hydrogen-bond acceptors (Lipinski definition) is 0. The Morgan fingerprint density at radius 1 is 0.762 bits per heavy atom. The summed E-state index contributed by atoms with van der Waals surface area (Å²) < 4.78 is 0. The molecule has 0 heterocycles. The van der Waals surface area contributed by atoms with Crippen LogP contribution < -0.4 is 53.6 Å². The van der Waals surface area contributed by atoms with Gasteiger partial charge in [0, 0.05) is 5.56 Å². The lowest BCUT2D eigenvalue weighted by atomic mass is 10.0. The molecular weight excluding hydrogens is 329 g/mol. The number of quaternary nitrogens is 3. The van der Waals surface area contributed by atoms with Crippen molar-refractivity contribution in [2.24, 2.45) is 0 Å². The average Bonchev–Trinajstić information content (AvgIpc) is 2.43. The SMILES string of the molecule is [Cl-].[Cl-].[Cl-].[NH3+]CC[NH2+]CC[NH2+]Cc1cccc2ccccc12. The molecular formula is C15H24Cl3N3. The van der Waals surface area contributed by atoms with E-state index < -0.39 is 0 Å². The van der Waals surface area contributed by atoms with Crippen LogP contribution in [-0.4, -0.2) is 26.2 Å². The average molecular weight is 353 g/mol. The summed E-state index contributed by atoms with van der Waals surface area (Å²) in [6, 6.07) is 15.2. The van der Waals surface area contributed by atoms with Gasteiger partial charge < -0.3 is 53.6 Å². The lowest BCUT2D eigenvalue weighted by molar-refractivity contribution is -0.735. The summed E-state index contributed by atoms with van der Waals surface area (Å²) in [6.45, 7) is 5.58. The largest absolute Gasteiger partial charge is 1.00 e. The van der Waals surface area contributed by atoms with E-state index in [0.29, 0.717) is 0 Å². The zero-order valence-corrected chi connectivity index (χ0v) is 14.3. The number of rotatable bonds is 7. The van der Waals surface area contributed by atoms with Gasteiger partial charge in [0.05, 0.1) is 0 Å². The minimum Gasteiger partial charge on any atom is -1.00 e. The highest BCUT2D eigenvalue weighted by molar-refractivity contribution is 5.85. The van der Waals surface area contributed by atoms with Crippen LogP contribution >= 0.6 is 0 Å². The zero-order chi connectivity index (χ0) is 12.6. The van der Waals surface area contributed by atoms with Gasteiger partial charge in [0.25, 0.3) is 0 Å². The van der Waals surface area contributed by atoms with Gasteiger partial charge in [0.1, 0.15) is 32.7 Å². The molecule has 2 rings (SSSR count). The molecule has 3 nitrogen and oxygen atoms in total. The first-order valence-corrected chi connectivity index (χ1v) is 6.81. The minimum absolute atomic E-state index is 0. The monoisotopic (exact) mass is 351 g/mol. The molecule has 0 unspecified atom stereocenters. The van der Waals surface area contributed by atoms with Crippen molar-refractivity contribution in [2.75, 3.05) is 26.2 Å². The van der Waals surface area contributed by atoms with Gasteiger partial charge in [-0.2, -0.15) is 0 Å². The van der Waals surface area contributed by atoms with Crippen LogP contribution in [0.1, 0.15) is 5.56 Å². The van der Waals surface area contributed by atoms with Gasteiger partial charge in [-0.15, -0.1) is 0 Å². The Hall–Kier alpha value is -0.550. The van der Waals surface area contributed by atoms with E-state index in [1.807, 2.05) is 0 Å². The van der Waals surface area contributed by atoms with Crippen molar-refractivity contribution < 1.29 is 53.6 Å². The van der Waals surface area contributed by atoms with Crippen LogP contribution in [0.15, 0.2) is 42.5 Å². The van der Waals surface area contributed by atoms with E-state index >= 15 is 0 Å². The Bertz CT molecular complexity index is 489. The molecule has 0 aromatic heterocycles. The molecule has 2 aromatic rings. The van der Waals surface area contributed by atoms with Gasteiger partial charge in [-0.1, -0.05) is 42.5 Å². The highest BCUT2D eigenvalue weighted by atomic mass is 35.5. The Morgan fingerprint density at radius 3 is 2.19 bits per heavy atom. The number of fused-ring (bicyclic) bond motifs is 1. The first-order valence-electron chi connectivity index (χ1n) is 6.81.